The number of hydrogen-bond acceptors (Lipinski definition) is 3. The summed E-state index contributed by atoms with van der Waals surface area (Å²) in [6.45, 7) is 1.00. The highest BCUT2D eigenvalue weighted by molar-refractivity contribution is 9.10. The first-order valence-corrected chi connectivity index (χ1v) is 6.53. The molecule has 0 saturated carbocycles. The Bertz CT molecular complexity index is 305. The fourth-order valence-corrected chi connectivity index (χ4v) is 3.48. The summed E-state index contributed by atoms with van der Waals surface area (Å²) in [6, 6.07) is 2.09. The zero-order valence-electron chi connectivity index (χ0n) is 7.46. The van der Waals surface area contributed by atoms with Crippen molar-refractivity contribution in [3.05, 3.63) is 19.8 Å². The second-order valence-corrected chi connectivity index (χ2v) is 5.96. The summed E-state index contributed by atoms with van der Waals surface area (Å²) >= 11 is 10.7. The van der Waals surface area contributed by atoms with Gasteiger partial charge in [-0.15, -0.1) is 11.3 Å². The van der Waals surface area contributed by atoms with Gasteiger partial charge in [0.2, 0.25) is 0 Å². The Morgan fingerprint density at radius 2 is 2.50 bits per heavy atom. The van der Waals surface area contributed by atoms with Crippen LogP contribution in [0.15, 0.2) is 10.5 Å². The first kappa shape index (κ1) is 10.9. The van der Waals surface area contributed by atoms with Crippen LogP contribution in [0.1, 0.15) is 23.8 Å². The standard InChI is InChI=1S/C9H11BrClNOS/c10-5-4-7(14-9(5)11)8(13)6-2-1-3-12-6/h4,6,8,12-13H,1-3H2. The number of halogens is 2. The maximum absolute atomic E-state index is 10.0. The first-order chi connectivity index (χ1) is 6.68. The Morgan fingerprint density at radius 3 is 3.00 bits per heavy atom. The predicted octanol–water partition coefficient (Wildman–Crippen LogP) is 2.95. The van der Waals surface area contributed by atoms with Gasteiger partial charge in [-0.1, -0.05) is 11.6 Å². The van der Waals surface area contributed by atoms with Gasteiger partial charge in [0.25, 0.3) is 0 Å². The molecular weight excluding hydrogens is 286 g/mol. The highest BCUT2D eigenvalue weighted by Crippen LogP contribution is 2.37. The average molecular weight is 297 g/mol. The Balaban J connectivity index is 2.13. The highest BCUT2D eigenvalue weighted by Gasteiger charge is 2.25. The molecule has 1 aliphatic heterocycles. The van der Waals surface area contributed by atoms with E-state index in [1.807, 2.05) is 6.07 Å². The van der Waals surface area contributed by atoms with Gasteiger partial charge >= 0.3 is 0 Å². The van der Waals surface area contributed by atoms with Gasteiger partial charge in [-0.05, 0) is 41.4 Å². The summed E-state index contributed by atoms with van der Waals surface area (Å²) in [6.07, 6.45) is 1.75. The topological polar surface area (TPSA) is 32.3 Å². The number of aliphatic hydroxyl groups is 1. The van der Waals surface area contributed by atoms with Gasteiger partial charge < -0.3 is 10.4 Å². The first-order valence-electron chi connectivity index (χ1n) is 4.54. The number of nitrogens with one attached hydrogen (secondary N) is 1. The van der Waals surface area contributed by atoms with Gasteiger partial charge in [-0.3, -0.25) is 0 Å². The third kappa shape index (κ3) is 2.14. The molecule has 0 amide bonds. The molecule has 1 fully saturated rings. The Morgan fingerprint density at radius 1 is 1.71 bits per heavy atom. The number of rotatable bonds is 2. The quantitative estimate of drug-likeness (QED) is 0.879. The van der Waals surface area contributed by atoms with E-state index >= 15 is 0 Å². The number of hydrogen-bond donors (Lipinski definition) is 2. The van der Waals surface area contributed by atoms with Crippen molar-refractivity contribution < 1.29 is 5.11 Å². The molecule has 2 heterocycles. The van der Waals surface area contributed by atoms with E-state index in [9.17, 15) is 5.11 Å². The van der Waals surface area contributed by atoms with E-state index in [1.165, 1.54) is 11.3 Å². The Labute approximate surface area is 100 Å². The van der Waals surface area contributed by atoms with Crippen molar-refractivity contribution in [2.75, 3.05) is 6.54 Å². The third-order valence-electron chi connectivity index (χ3n) is 2.44. The number of thiophene rings is 1. The average Bonchev–Trinajstić information content (AvgIpc) is 2.76. The molecule has 0 aromatic carbocycles. The minimum absolute atomic E-state index is 0.191. The summed E-state index contributed by atoms with van der Waals surface area (Å²) in [5, 5.41) is 13.3. The molecule has 2 nitrogen and oxygen atoms in total. The SMILES string of the molecule is OC(c1cc(Br)c(Cl)s1)C1CCCN1. The van der Waals surface area contributed by atoms with E-state index in [2.05, 4.69) is 21.2 Å². The molecule has 2 rings (SSSR count). The molecule has 2 unspecified atom stereocenters. The molecule has 2 N–H and O–H groups in total. The van der Waals surface area contributed by atoms with Crippen molar-refractivity contribution in [1.29, 1.82) is 0 Å². The Hall–Kier alpha value is 0.390. The van der Waals surface area contributed by atoms with Crippen molar-refractivity contribution in [3.8, 4) is 0 Å². The maximum atomic E-state index is 10.0. The largest absolute Gasteiger partial charge is 0.386 e. The molecule has 1 aliphatic rings. The molecule has 14 heavy (non-hydrogen) atoms. The fraction of sp³-hybridized carbons (Fsp3) is 0.556. The normalized spacial score (nSPS) is 24.1. The van der Waals surface area contributed by atoms with Crippen LogP contribution in [0.25, 0.3) is 0 Å². The lowest BCUT2D eigenvalue weighted by Gasteiger charge is -2.16. The van der Waals surface area contributed by atoms with Gasteiger partial charge in [0.05, 0.1) is 0 Å². The number of aliphatic hydroxyl groups excluding tert-OH is 1. The van der Waals surface area contributed by atoms with E-state index in [1.54, 1.807) is 0 Å². The summed E-state index contributed by atoms with van der Waals surface area (Å²) in [5.41, 5.74) is 0. The fourth-order valence-electron chi connectivity index (χ4n) is 1.69. The van der Waals surface area contributed by atoms with Crippen LogP contribution in [-0.4, -0.2) is 17.7 Å². The van der Waals surface area contributed by atoms with Crippen LogP contribution < -0.4 is 5.32 Å². The van der Waals surface area contributed by atoms with Crippen LogP contribution in [0.5, 0.6) is 0 Å². The molecule has 1 aromatic rings. The summed E-state index contributed by atoms with van der Waals surface area (Å²) in [7, 11) is 0. The third-order valence-corrected chi connectivity index (χ3v) is 4.98. The van der Waals surface area contributed by atoms with Gasteiger partial charge in [0, 0.05) is 15.4 Å². The second kappa shape index (κ2) is 4.49. The lowest BCUT2D eigenvalue weighted by molar-refractivity contribution is 0.141. The van der Waals surface area contributed by atoms with Crippen molar-refractivity contribution in [2.24, 2.45) is 0 Å². The van der Waals surface area contributed by atoms with Crippen molar-refractivity contribution in [3.63, 3.8) is 0 Å². The molecule has 1 saturated heterocycles. The van der Waals surface area contributed by atoms with Crippen LogP contribution >= 0.6 is 38.9 Å². The van der Waals surface area contributed by atoms with Crippen LogP contribution in [0, 0.1) is 0 Å². The molecular formula is C9H11BrClNOS. The van der Waals surface area contributed by atoms with Crippen LogP contribution in [0.4, 0.5) is 0 Å². The molecule has 0 aliphatic carbocycles. The highest BCUT2D eigenvalue weighted by atomic mass is 79.9. The monoisotopic (exact) mass is 295 g/mol. The van der Waals surface area contributed by atoms with Gasteiger partial charge in [-0.25, -0.2) is 0 Å². The lowest BCUT2D eigenvalue weighted by atomic mass is 10.1. The van der Waals surface area contributed by atoms with Gasteiger partial charge in [0.1, 0.15) is 10.4 Å². The molecule has 2 atom stereocenters. The summed E-state index contributed by atoms with van der Waals surface area (Å²) < 4.78 is 1.58. The van der Waals surface area contributed by atoms with Gasteiger partial charge in [0.15, 0.2) is 0 Å². The minimum atomic E-state index is -0.425. The van der Waals surface area contributed by atoms with E-state index in [4.69, 9.17) is 11.6 Å². The molecule has 5 heteroatoms. The summed E-state index contributed by atoms with van der Waals surface area (Å²) in [5.74, 6) is 0. The predicted molar refractivity (Wildman–Crippen MR) is 63.0 cm³/mol. The van der Waals surface area contributed by atoms with E-state index < -0.39 is 6.10 Å². The molecule has 78 valence electrons. The lowest BCUT2D eigenvalue weighted by Crippen LogP contribution is -2.28. The zero-order valence-corrected chi connectivity index (χ0v) is 10.6. The van der Waals surface area contributed by atoms with E-state index in [-0.39, 0.29) is 6.04 Å². The molecule has 0 radical (unpaired) electrons. The molecule has 0 bridgehead atoms. The smallest absolute Gasteiger partial charge is 0.107 e. The Kier molecular flexibility index (Phi) is 3.50. The van der Waals surface area contributed by atoms with Gasteiger partial charge in [-0.2, -0.15) is 0 Å². The summed E-state index contributed by atoms with van der Waals surface area (Å²) in [4.78, 5) is 0.932. The van der Waals surface area contributed by atoms with E-state index in [0.717, 1.165) is 28.7 Å². The van der Waals surface area contributed by atoms with Crippen LogP contribution in [-0.2, 0) is 0 Å². The minimum Gasteiger partial charge on any atom is -0.386 e. The van der Waals surface area contributed by atoms with Crippen molar-refractivity contribution >= 4 is 38.9 Å². The van der Waals surface area contributed by atoms with E-state index in [0.29, 0.717) is 4.34 Å². The zero-order chi connectivity index (χ0) is 10.1. The van der Waals surface area contributed by atoms with Crippen molar-refractivity contribution in [1.82, 2.24) is 5.32 Å². The van der Waals surface area contributed by atoms with Crippen LogP contribution in [0.3, 0.4) is 0 Å². The van der Waals surface area contributed by atoms with Crippen LogP contribution in [0.2, 0.25) is 4.34 Å². The molecule has 1 aromatic heterocycles. The van der Waals surface area contributed by atoms with Crippen molar-refractivity contribution in [2.45, 2.75) is 25.0 Å². The maximum Gasteiger partial charge on any atom is 0.107 e. The second-order valence-electron chi connectivity index (χ2n) is 3.42. The molecule has 0 spiro atoms.